The van der Waals surface area contributed by atoms with Crippen LogP contribution in [0.4, 0.5) is 0 Å². The van der Waals surface area contributed by atoms with Gasteiger partial charge in [-0.15, -0.1) is 0 Å². The lowest BCUT2D eigenvalue weighted by atomic mass is 9.85. The van der Waals surface area contributed by atoms with Gasteiger partial charge in [-0.05, 0) is 51.1 Å². The van der Waals surface area contributed by atoms with E-state index in [1.807, 2.05) is 0 Å². The van der Waals surface area contributed by atoms with Crippen molar-refractivity contribution in [1.82, 2.24) is 10.2 Å². The van der Waals surface area contributed by atoms with Crippen molar-refractivity contribution in [3.05, 3.63) is 0 Å². The van der Waals surface area contributed by atoms with E-state index in [4.69, 9.17) is 0 Å². The SMILES string of the molecule is CCNC1C(N2CCCCC2C)CCC1(C)C. The molecule has 1 saturated carbocycles. The van der Waals surface area contributed by atoms with Crippen molar-refractivity contribution in [3.63, 3.8) is 0 Å². The fraction of sp³-hybridized carbons (Fsp3) is 1.00. The molecule has 0 spiro atoms. The minimum Gasteiger partial charge on any atom is -0.312 e. The molecule has 0 aromatic carbocycles. The summed E-state index contributed by atoms with van der Waals surface area (Å²) in [5.74, 6) is 0. The number of piperidine rings is 1. The highest BCUT2D eigenvalue weighted by atomic mass is 15.2. The molecule has 17 heavy (non-hydrogen) atoms. The molecule has 0 bridgehead atoms. The van der Waals surface area contributed by atoms with E-state index < -0.39 is 0 Å². The van der Waals surface area contributed by atoms with Gasteiger partial charge >= 0.3 is 0 Å². The molecule has 1 saturated heterocycles. The van der Waals surface area contributed by atoms with Gasteiger partial charge in [0.25, 0.3) is 0 Å². The number of hydrogen-bond donors (Lipinski definition) is 1. The largest absolute Gasteiger partial charge is 0.312 e. The summed E-state index contributed by atoms with van der Waals surface area (Å²) in [6.07, 6.45) is 6.99. The lowest BCUT2D eigenvalue weighted by molar-refractivity contribution is 0.0788. The van der Waals surface area contributed by atoms with Crippen molar-refractivity contribution in [2.45, 2.75) is 77.9 Å². The zero-order valence-electron chi connectivity index (χ0n) is 12.1. The quantitative estimate of drug-likeness (QED) is 0.813. The minimum atomic E-state index is 0.470. The second-order valence-corrected chi connectivity index (χ2v) is 6.71. The minimum absolute atomic E-state index is 0.470. The van der Waals surface area contributed by atoms with E-state index in [0.717, 1.165) is 18.6 Å². The first-order valence-electron chi connectivity index (χ1n) is 7.55. The fourth-order valence-corrected chi connectivity index (χ4v) is 3.97. The van der Waals surface area contributed by atoms with Gasteiger partial charge in [0.05, 0.1) is 0 Å². The van der Waals surface area contributed by atoms with Crippen molar-refractivity contribution in [3.8, 4) is 0 Å². The van der Waals surface area contributed by atoms with Gasteiger partial charge in [0, 0.05) is 18.1 Å². The number of likely N-dealkylation sites (tertiary alicyclic amines) is 1. The maximum atomic E-state index is 3.76. The average Bonchev–Trinajstić information content (AvgIpc) is 2.57. The number of likely N-dealkylation sites (N-methyl/N-ethyl adjacent to an activating group) is 1. The Balaban J connectivity index is 2.08. The van der Waals surface area contributed by atoms with Crippen molar-refractivity contribution >= 4 is 0 Å². The van der Waals surface area contributed by atoms with Crippen LogP contribution in [0.5, 0.6) is 0 Å². The number of rotatable bonds is 3. The standard InChI is InChI=1S/C15H30N2/c1-5-16-14-13(9-10-15(14,3)4)17-11-7-6-8-12(17)2/h12-14,16H,5-11H2,1-4H3. The summed E-state index contributed by atoms with van der Waals surface area (Å²) in [6.45, 7) is 12.0. The van der Waals surface area contributed by atoms with Crippen molar-refractivity contribution < 1.29 is 0 Å². The molecule has 0 radical (unpaired) electrons. The van der Waals surface area contributed by atoms with Gasteiger partial charge in [-0.3, -0.25) is 4.90 Å². The van der Waals surface area contributed by atoms with Gasteiger partial charge in [0.15, 0.2) is 0 Å². The Kier molecular flexibility index (Phi) is 4.14. The van der Waals surface area contributed by atoms with Crippen LogP contribution in [0.1, 0.15) is 59.8 Å². The van der Waals surface area contributed by atoms with Crippen molar-refractivity contribution in [2.24, 2.45) is 5.41 Å². The first kappa shape index (κ1) is 13.4. The van der Waals surface area contributed by atoms with E-state index >= 15 is 0 Å². The van der Waals surface area contributed by atoms with Crippen LogP contribution in [0, 0.1) is 5.41 Å². The molecule has 3 atom stereocenters. The van der Waals surface area contributed by atoms with E-state index in [2.05, 4.69) is 37.9 Å². The molecular formula is C15H30N2. The summed E-state index contributed by atoms with van der Waals surface area (Å²) < 4.78 is 0. The van der Waals surface area contributed by atoms with Crippen molar-refractivity contribution in [2.75, 3.05) is 13.1 Å². The van der Waals surface area contributed by atoms with Gasteiger partial charge in [0.1, 0.15) is 0 Å². The van der Waals surface area contributed by atoms with Gasteiger partial charge in [-0.1, -0.05) is 27.2 Å². The Morgan fingerprint density at radius 1 is 1.24 bits per heavy atom. The molecule has 1 aliphatic heterocycles. The topological polar surface area (TPSA) is 15.3 Å². The zero-order valence-corrected chi connectivity index (χ0v) is 12.1. The molecular weight excluding hydrogens is 208 g/mol. The second-order valence-electron chi connectivity index (χ2n) is 6.71. The number of nitrogens with one attached hydrogen (secondary N) is 1. The van der Waals surface area contributed by atoms with E-state index in [-0.39, 0.29) is 0 Å². The smallest absolute Gasteiger partial charge is 0.0274 e. The molecule has 2 nitrogen and oxygen atoms in total. The molecule has 0 aromatic rings. The van der Waals surface area contributed by atoms with E-state index in [1.54, 1.807) is 0 Å². The number of nitrogens with zero attached hydrogens (tertiary/aromatic N) is 1. The summed E-state index contributed by atoms with van der Waals surface area (Å²) >= 11 is 0. The Labute approximate surface area is 107 Å². The molecule has 2 rings (SSSR count). The van der Waals surface area contributed by atoms with Crippen LogP contribution in [0.25, 0.3) is 0 Å². The van der Waals surface area contributed by atoms with E-state index in [9.17, 15) is 0 Å². The van der Waals surface area contributed by atoms with Crippen LogP contribution in [0.15, 0.2) is 0 Å². The first-order chi connectivity index (χ1) is 8.06. The van der Waals surface area contributed by atoms with E-state index in [1.165, 1.54) is 38.6 Å². The van der Waals surface area contributed by atoms with Crippen LogP contribution in [0.3, 0.4) is 0 Å². The third-order valence-corrected chi connectivity index (χ3v) is 5.02. The molecule has 1 aliphatic carbocycles. The Hall–Kier alpha value is -0.0800. The monoisotopic (exact) mass is 238 g/mol. The van der Waals surface area contributed by atoms with Crippen LogP contribution >= 0.6 is 0 Å². The molecule has 1 N–H and O–H groups in total. The molecule has 2 heteroatoms. The Morgan fingerprint density at radius 3 is 2.65 bits per heavy atom. The zero-order chi connectivity index (χ0) is 12.5. The summed E-state index contributed by atoms with van der Waals surface area (Å²) in [7, 11) is 0. The molecule has 1 heterocycles. The van der Waals surface area contributed by atoms with E-state index in [0.29, 0.717) is 11.5 Å². The predicted molar refractivity (Wildman–Crippen MR) is 74.3 cm³/mol. The Morgan fingerprint density at radius 2 is 2.00 bits per heavy atom. The molecule has 3 unspecified atom stereocenters. The summed E-state index contributed by atoms with van der Waals surface area (Å²) in [5, 5.41) is 3.76. The van der Waals surface area contributed by atoms with Crippen molar-refractivity contribution in [1.29, 1.82) is 0 Å². The van der Waals surface area contributed by atoms with Gasteiger partial charge in [-0.2, -0.15) is 0 Å². The molecule has 2 aliphatic rings. The molecule has 0 amide bonds. The summed E-state index contributed by atoms with van der Waals surface area (Å²) in [4.78, 5) is 2.80. The first-order valence-corrected chi connectivity index (χ1v) is 7.55. The van der Waals surface area contributed by atoms with Crippen LogP contribution < -0.4 is 5.32 Å². The highest BCUT2D eigenvalue weighted by Crippen LogP contribution is 2.41. The average molecular weight is 238 g/mol. The molecule has 2 fully saturated rings. The fourth-order valence-electron chi connectivity index (χ4n) is 3.97. The molecule has 0 aromatic heterocycles. The van der Waals surface area contributed by atoms with Gasteiger partial charge in [-0.25, -0.2) is 0 Å². The van der Waals surface area contributed by atoms with Crippen LogP contribution in [-0.4, -0.2) is 36.1 Å². The van der Waals surface area contributed by atoms with Crippen LogP contribution in [0.2, 0.25) is 0 Å². The third-order valence-electron chi connectivity index (χ3n) is 5.02. The number of hydrogen-bond acceptors (Lipinski definition) is 2. The highest BCUT2D eigenvalue weighted by Gasteiger charge is 2.45. The summed E-state index contributed by atoms with van der Waals surface area (Å²) in [5.41, 5.74) is 0.470. The second kappa shape index (κ2) is 5.27. The maximum Gasteiger partial charge on any atom is 0.0274 e. The Bertz CT molecular complexity index is 249. The lowest BCUT2D eigenvalue weighted by Crippen LogP contribution is -2.55. The third kappa shape index (κ3) is 2.68. The normalized spacial score (nSPS) is 38.5. The maximum absolute atomic E-state index is 3.76. The molecule has 100 valence electrons. The summed E-state index contributed by atoms with van der Waals surface area (Å²) in [6, 6.07) is 2.26. The van der Waals surface area contributed by atoms with Crippen LogP contribution in [-0.2, 0) is 0 Å². The van der Waals surface area contributed by atoms with Gasteiger partial charge < -0.3 is 5.32 Å². The highest BCUT2D eigenvalue weighted by molar-refractivity contribution is 5.02. The van der Waals surface area contributed by atoms with Gasteiger partial charge in [0.2, 0.25) is 0 Å². The predicted octanol–water partition coefficient (Wildman–Crippen LogP) is 3.03. The lowest BCUT2D eigenvalue weighted by Gasteiger charge is -2.43.